The van der Waals surface area contributed by atoms with Crippen LogP contribution in [-0.2, 0) is 7.05 Å². The van der Waals surface area contributed by atoms with Crippen LogP contribution in [0, 0.1) is 5.82 Å². The highest BCUT2D eigenvalue weighted by Gasteiger charge is 2.21. The van der Waals surface area contributed by atoms with Gasteiger partial charge in [-0.3, -0.25) is 9.67 Å². The van der Waals surface area contributed by atoms with E-state index < -0.39 is 0 Å². The van der Waals surface area contributed by atoms with Gasteiger partial charge in [-0.15, -0.1) is 24.0 Å². The van der Waals surface area contributed by atoms with E-state index in [1.165, 1.54) is 17.7 Å². The topological polar surface area (TPSA) is 51.9 Å². The van der Waals surface area contributed by atoms with Gasteiger partial charge in [0.05, 0.1) is 18.8 Å². The highest BCUT2D eigenvalue weighted by atomic mass is 127. The normalized spacial score (nSPS) is 15.9. The van der Waals surface area contributed by atoms with Crippen molar-refractivity contribution >= 4 is 35.6 Å². The van der Waals surface area contributed by atoms with Crippen LogP contribution in [0.5, 0.6) is 0 Å². The smallest absolute Gasteiger partial charge is 0.194 e. The van der Waals surface area contributed by atoms with E-state index in [9.17, 15) is 4.39 Å². The van der Waals surface area contributed by atoms with Gasteiger partial charge in [0, 0.05) is 57.2 Å². The molecule has 1 N–H and O–H groups in total. The first-order chi connectivity index (χ1) is 14.0. The van der Waals surface area contributed by atoms with Crippen molar-refractivity contribution in [1.82, 2.24) is 24.9 Å². The minimum Gasteiger partial charge on any atom is -0.368 e. The maximum absolute atomic E-state index is 13.2. The van der Waals surface area contributed by atoms with Crippen molar-refractivity contribution in [1.29, 1.82) is 0 Å². The Morgan fingerprint density at radius 2 is 1.87 bits per heavy atom. The average Bonchev–Trinajstić information content (AvgIpc) is 3.14. The second-order valence-electron chi connectivity index (χ2n) is 7.57. The summed E-state index contributed by atoms with van der Waals surface area (Å²) in [5.74, 6) is 0.750. The lowest BCUT2D eigenvalue weighted by molar-refractivity contribution is 0.303. The van der Waals surface area contributed by atoms with Gasteiger partial charge in [-0.05, 0) is 45.3 Å². The zero-order chi connectivity index (χ0) is 20.8. The minimum absolute atomic E-state index is 0. The standard InChI is InChI=1S/C21H32FN7.HI/c1-5-23-21(24-15-20(26(2)3)17-14-25-27(4)16-17)29-12-10-28(11-13-29)19-8-6-18(22)7-9-19;/h6-9,14,16,20H,5,10-13,15H2,1-4H3,(H,23,24);1H. The molecule has 0 spiro atoms. The number of aromatic nitrogens is 2. The molecule has 166 valence electrons. The molecule has 1 unspecified atom stereocenters. The molecule has 0 radical (unpaired) electrons. The Morgan fingerprint density at radius 3 is 2.40 bits per heavy atom. The number of rotatable bonds is 6. The summed E-state index contributed by atoms with van der Waals surface area (Å²) >= 11 is 0. The minimum atomic E-state index is -0.196. The molecule has 7 nitrogen and oxygen atoms in total. The average molecular weight is 529 g/mol. The summed E-state index contributed by atoms with van der Waals surface area (Å²) in [6.07, 6.45) is 3.96. The van der Waals surface area contributed by atoms with E-state index in [1.807, 2.05) is 30.1 Å². The summed E-state index contributed by atoms with van der Waals surface area (Å²) in [7, 11) is 6.08. The maximum Gasteiger partial charge on any atom is 0.194 e. The Labute approximate surface area is 196 Å². The van der Waals surface area contributed by atoms with Crippen molar-refractivity contribution < 1.29 is 4.39 Å². The number of hydrogen-bond acceptors (Lipinski definition) is 4. The third-order valence-electron chi connectivity index (χ3n) is 5.25. The number of nitrogens with zero attached hydrogens (tertiary/aromatic N) is 6. The molecular formula is C21H33FIN7. The van der Waals surface area contributed by atoms with Crippen LogP contribution in [0.4, 0.5) is 10.1 Å². The molecule has 0 saturated carbocycles. The lowest BCUT2D eigenvalue weighted by Gasteiger charge is -2.38. The molecule has 1 aliphatic rings. The first-order valence-electron chi connectivity index (χ1n) is 10.2. The summed E-state index contributed by atoms with van der Waals surface area (Å²) in [5.41, 5.74) is 2.23. The summed E-state index contributed by atoms with van der Waals surface area (Å²) in [4.78, 5) is 11.7. The Hall–Kier alpha value is -1.88. The summed E-state index contributed by atoms with van der Waals surface area (Å²) in [6, 6.07) is 6.91. The highest BCUT2D eigenvalue weighted by molar-refractivity contribution is 14.0. The van der Waals surface area contributed by atoms with E-state index in [2.05, 4.69) is 52.3 Å². The van der Waals surface area contributed by atoms with Crippen LogP contribution in [-0.4, -0.2) is 78.9 Å². The number of anilines is 1. The van der Waals surface area contributed by atoms with Crippen molar-refractivity contribution in [3.8, 4) is 0 Å². The van der Waals surface area contributed by atoms with Gasteiger partial charge >= 0.3 is 0 Å². The molecule has 9 heteroatoms. The number of hydrogen-bond donors (Lipinski definition) is 1. The number of likely N-dealkylation sites (N-methyl/N-ethyl adjacent to an activating group) is 1. The zero-order valence-corrected chi connectivity index (χ0v) is 20.6. The molecular weight excluding hydrogens is 496 g/mol. The Balaban J connectivity index is 0.00000320. The molecule has 3 rings (SSSR count). The van der Waals surface area contributed by atoms with E-state index >= 15 is 0 Å². The third-order valence-corrected chi connectivity index (χ3v) is 5.25. The van der Waals surface area contributed by atoms with E-state index in [1.54, 1.807) is 0 Å². The predicted octanol–water partition coefficient (Wildman–Crippen LogP) is 2.57. The molecule has 2 aromatic rings. The van der Waals surface area contributed by atoms with Gasteiger partial charge in [0.1, 0.15) is 5.82 Å². The second-order valence-corrected chi connectivity index (χ2v) is 7.57. The van der Waals surface area contributed by atoms with Crippen LogP contribution >= 0.6 is 24.0 Å². The lowest BCUT2D eigenvalue weighted by Crippen LogP contribution is -2.52. The summed E-state index contributed by atoms with van der Waals surface area (Å²) < 4.78 is 15.0. The second kappa shape index (κ2) is 11.5. The van der Waals surface area contributed by atoms with Crippen LogP contribution in [0.1, 0.15) is 18.5 Å². The number of piperazine rings is 1. The summed E-state index contributed by atoms with van der Waals surface area (Å²) in [6.45, 7) is 7.11. The number of nitrogens with one attached hydrogen (secondary N) is 1. The number of aliphatic imine (C=N–C) groups is 1. The molecule has 0 aliphatic carbocycles. The van der Waals surface area contributed by atoms with Crippen molar-refractivity contribution in [3.63, 3.8) is 0 Å². The SMILES string of the molecule is CCNC(=NCC(c1cnn(C)c1)N(C)C)N1CCN(c2ccc(F)cc2)CC1.I. The molecule has 1 aliphatic heterocycles. The van der Waals surface area contributed by atoms with E-state index in [-0.39, 0.29) is 35.8 Å². The van der Waals surface area contributed by atoms with Gasteiger partial charge in [-0.2, -0.15) is 5.10 Å². The number of aryl methyl sites for hydroxylation is 1. The van der Waals surface area contributed by atoms with E-state index in [0.29, 0.717) is 6.54 Å². The van der Waals surface area contributed by atoms with Crippen LogP contribution in [0.25, 0.3) is 0 Å². The van der Waals surface area contributed by atoms with E-state index in [4.69, 9.17) is 4.99 Å². The van der Waals surface area contributed by atoms with Gasteiger partial charge in [0.15, 0.2) is 5.96 Å². The van der Waals surface area contributed by atoms with Crippen molar-refractivity contribution in [2.45, 2.75) is 13.0 Å². The van der Waals surface area contributed by atoms with Crippen LogP contribution in [0.3, 0.4) is 0 Å². The van der Waals surface area contributed by atoms with Crippen molar-refractivity contribution in [2.24, 2.45) is 12.0 Å². The number of benzene rings is 1. The van der Waals surface area contributed by atoms with E-state index in [0.717, 1.165) is 44.4 Å². The predicted molar refractivity (Wildman–Crippen MR) is 131 cm³/mol. The molecule has 0 bridgehead atoms. The van der Waals surface area contributed by atoms with Gasteiger partial charge in [-0.25, -0.2) is 4.39 Å². The Kier molecular flexibility index (Phi) is 9.35. The largest absolute Gasteiger partial charge is 0.368 e. The molecule has 0 amide bonds. The number of halogens is 2. The van der Waals surface area contributed by atoms with Gasteiger partial charge in [-0.1, -0.05) is 0 Å². The maximum atomic E-state index is 13.2. The molecule has 30 heavy (non-hydrogen) atoms. The third kappa shape index (κ3) is 6.31. The van der Waals surface area contributed by atoms with Crippen LogP contribution in [0.2, 0.25) is 0 Å². The Bertz CT molecular complexity index is 798. The fraction of sp³-hybridized carbons (Fsp3) is 0.524. The monoisotopic (exact) mass is 529 g/mol. The number of guanidine groups is 1. The first kappa shape index (κ1) is 24.4. The highest BCUT2D eigenvalue weighted by Crippen LogP contribution is 2.19. The van der Waals surface area contributed by atoms with Gasteiger partial charge in [0.2, 0.25) is 0 Å². The van der Waals surface area contributed by atoms with Gasteiger partial charge in [0.25, 0.3) is 0 Å². The first-order valence-corrected chi connectivity index (χ1v) is 10.2. The molecule has 1 aromatic heterocycles. The Morgan fingerprint density at radius 1 is 1.20 bits per heavy atom. The fourth-order valence-corrected chi connectivity index (χ4v) is 3.61. The van der Waals surface area contributed by atoms with Crippen LogP contribution < -0.4 is 10.2 Å². The van der Waals surface area contributed by atoms with Crippen LogP contribution in [0.15, 0.2) is 41.7 Å². The van der Waals surface area contributed by atoms with Crippen molar-refractivity contribution in [3.05, 3.63) is 48.0 Å². The zero-order valence-electron chi connectivity index (χ0n) is 18.3. The molecule has 1 atom stereocenters. The molecule has 1 fully saturated rings. The van der Waals surface area contributed by atoms with Crippen molar-refractivity contribution in [2.75, 3.05) is 58.3 Å². The molecule has 1 aromatic carbocycles. The molecule has 1 saturated heterocycles. The fourth-order valence-electron chi connectivity index (χ4n) is 3.61. The quantitative estimate of drug-likeness (QED) is 0.354. The summed E-state index contributed by atoms with van der Waals surface area (Å²) in [5, 5.41) is 7.74. The molecule has 2 heterocycles. The lowest BCUT2D eigenvalue weighted by atomic mass is 10.1. The van der Waals surface area contributed by atoms with Gasteiger partial charge < -0.3 is 20.0 Å².